The van der Waals surface area contributed by atoms with Gasteiger partial charge in [-0.05, 0) is 110 Å². The topological polar surface area (TPSA) is 69.9 Å². The van der Waals surface area contributed by atoms with Crippen LogP contribution in [0.15, 0.2) is 227 Å². The van der Waals surface area contributed by atoms with Gasteiger partial charge in [0.2, 0.25) is 5.95 Å². The Kier molecular flexibility index (Phi) is 7.45. The van der Waals surface area contributed by atoms with E-state index in [0.717, 1.165) is 87.9 Å². The lowest BCUT2D eigenvalue weighted by molar-refractivity contribution is 0.668. The molecule has 1 spiro atoms. The standard InChI is InChI=1S/C64H36N4O2/c1-2-15-37(16-3-1)40-22-14-28-57-60(40)47-32-30-39(34-59(47)70-57)62-65-61(38-29-31-46-45-21-8-13-27-56(45)69-58(46)33-38)66-63(67-62)68-54-26-12-7-20-44(54)49-35-53-48(36-55(49)68)43-19-6-11-25-52(43)64(53)50-23-9-4-17-41(50)42-18-5-10-24-51(42)64/h1-36H. The molecule has 4 heterocycles. The van der Waals surface area contributed by atoms with Crippen LogP contribution < -0.4 is 0 Å². The van der Waals surface area contributed by atoms with Crippen LogP contribution in [0.1, 0.15) is 22.3 Å². The summed E-state index contributed by atoms with van der Waals surface area (Å²) in [5.41, 5.74) is 18.9. The molecule has 0 fully saturated rings. The fraction of sp³-hybridized carbons (Fsp3) is 0.0156. The van der Waals surface area contributed by atoms with Crippen molar-refractivity contribution in [1.82, 2.24) is 19.5 Å². The van der Waals surface area contributed by atoms with Crippen molar-refractivity contribution in [2.24, 2.45) is 0 Å². The molecule has 0 bridgehead atoms. The van der Waals surface area contributed by atoms with Crippen LogP contribution in [0.2, 0.25) is 0 Å². The summed E-state index contributed by atoms with van der Waals surface area (Å²) in [6.07, 6.45) is 0. The first-order valence-corrected chi connectivity index (χ1v) is 23.8. The highest BCUT2D eigenvalue weighted by molar-refractivity contribution is 6.14. The zero-order chi connectivity index (χ0) is 45.7. The Morgan fingerprint density at radius 1 is 0.314 bits per heavy atom. The Bertz CT molecular complexity index is 4510. The first-order chi connectivity index (χ1) is 34.7. The van der Waals surface area contributed by atoms with E-state index < -0.39 is 5.41 Å². The lowest BCUT2D eigenvalue weighted by atomic mass is 9.70. The van der Waals surface area contributed by atoms with E-state index in [2.05, 4.69) is 193 Å². The second-order valence-corrected chi connectivity index (χ2v) is 18.6. The second-order valence-electron chi connectivity index (χ2n) is 18.6. The summed E-state index contributed by atoms with van der Waals surface area (Å²) in [6, 6.07) is 77.8. The number of furan rings is 2. The number of benzene rings is 10. The van der Waals surface area contributed by atoms with Crippen molar-refractivity contribution in [3.8, 4) is 62.1 Å². The molecule has 16 rings (SSSR count). The van der Waals surface area contributed by atoms with Crippen LogP contribution in [0.5, 0.6) is 0 Å². The Labute approximate surface area is 400 Å². The SMILES string of the molecule is c1ccc(-c2cccc3oc4cc(-c5nc(-c6ccc7c(c6)oc6ccccc67)nc(-n6c7ccccc7c7cc8c(cc76)-c6ccccc6C86c7ccccc7-c7ccccc76)n5)ccc4c23)cc1. The second kappa shape index (κ2) is 13.8. The quantitative estimate of drug-likeness (QED) is 0.176. The average molecular weight is 893 g/mol. The van der Waals surface area contributed by atoms with Gasteiger partial charge >= 0.3 is 0 Å². The molecule has 70 heavy (non-hydrogen) atoms. The number of rotatable bonds is 4. The molecule has 0 N–H and O–H groups in total. The van der Waals surface area contributed by atoms with Gasteiger partial charge in [-0.15, -0.1) is 0 Å². The molecule has 0 saturated heterocycles. The molecule has 324 valence electrons. The molecule has 0 amide bonds. The van der Waals surface area contributed by atoms with E-state index in [1.165, 1.54) is 44.5 Å². The monoisotopic (exact) mass is 892 g/mol. The smallest absolute Gasteiger partial charge is 0.238 e. The lowest BCUT2D eigenvalue weighted by Gasteiger charge is -2.30. The van der Waals surface area contributed by atoms with Gasteiger partial charge in [0.25, 0.3) is 0 Å². The Morgan fingerprint density at radius 3 is 1.59 bits per heavy atom. The molecule has 10 aromatic carbocycles. The molecule has 0 saturated carbocycles. The zero-order valence-corrected chi connectivity index (χ0v) is 37.4. The zero-order valence-electron chi connectivity index (χ0n) is 37.4. The minimum Gasteiger partial charge on any atom is -0.456 e. The highest BCUT2D eigenvalue weighted by Crippen LogP contribution is 2.63. The van der Waals surface area contributed by atoms with Crippen molar-refractivity contribution in [3.63, 3.8) is 0 Å². The van der Waals surface area contributed by atoms with E-state index >= 15 is 0 Å². The number of hydrogen-bond acceptors (Lipinski definition) is 5. The van der Waals surface area contributed by atoms with Crippen LogP contribution in [-0.2, 0) is 5.41 Å². The normalized spacial score (nSPS) is 13.3. The van der Waals surface area contributed by atoms with Crippen molar-refractivity contribution in [1.29, 1.82) is 0 Å². The number of para-hydroxylation sites is 2. The molecule has 0 atom stereocenters. The molecular formula is C64H36N4O2. The van der Waals surface area contributed by atoms with Crippen molar-refractivity contribution >= 4 is 65.7 Å². The molecule has 0 radical (unpaired) electrons. The van der Waals surface area contributed by atoms with Crippen LogP contribution >= 0.6 is 0 Å². The van der Waals surface area contributed by atoms with Crippen molar-refractivity contribution in [3.05, 3.63) is 241 Å². The van der Waals surface area contributed by atoms with Crippen molar-refractivity contribution in [2.75, 3.05) is 0 Å². The average Bonchev–Trinajstić information content (AvgIpc) is 4.22. The molecule has 6 heteroatoms. The summed E-state index contributed by atoms with van der Waals surface area (Å²) in [7, 11) is 0. The van der Waals surface area contributed by atoms with Gasteiger partial charge in [-0.1, -0.05) is 164 Å². The van der Waals surface area contributed by atoms with Crippen LogP contribution in [0.4, 0.5) is 0 Å². The van der Waals surface area contributed by atoms with Gasteiger partial charge in [0.05, 0.1) is 16.4 Å². The molecule has 2 aliphatic carbocycles. The maximum atomic E-state index is 6.65. The Morgan fingerprint density at radius 2 is 0.857 bits per heavy atom. The molecule has 14 aromatic rings. The minimum atomic E-state index is -0.476. The van der Waals surface area contributed by atoms with E-state index in [9.17, 15) is 0 Å². The molecule has 6 nitrogen and oxygen atoms in total. The minimum absolute atomic E-state index is 0.476. The van der Waals surface area contributed by atoms with Gasteiger partial charge in [-0.3, -0.25) is 4.57 Å². The number of nitrogens with zero attached hydrogens (tertiary/aromatic N) is 4. The van der Waals surface area contributed by atoms with E-state index in [-0.39, 0.29) is 0 Å². The van der Waals surface area contributed by atoms with Crippen molar-refractivity contribution in [2.45, 2.75) is 5.41 Å². The third-order valence-electron chi connectivity index (χ3n) is 15.1. The first kappa shape index (κ1) is 37.7. The predicted molar refractivity (Wildman–Crippen MR) is 281 cm³/mol. The summed E-state index contributed by atoms with van der Waals surface area (Å²) >= 11 is 0. The maximum Gasteiger partial charge on any atom is 0.238 e. The van der Waals surface area contributed by atoms with E-state index in [1.807, 2.05) is 30.3 Å². The van der Waals surface area contributed by atoms with Gasteiger partial charge in [-0.2, -0.15) is 9.97 Å². The number of hydrogen-bond donors (Lipinski definition) is 0. The van der Waals surface area contributed by atoms with Crippen LogP contribution in [-0.4, -0.2) is 19.5 Å². The summed E-state index contributed by atoms with van der Waals surface area (Å²) in [6.45, 7) is 0. The third kappa shape index (κ3) is 4.98. The molecule has 0 aliphatic heterocycles. The van der Waals surface area contributed by atoms with Gasteiger partial charge in [0.1, 0.15) is 22.3 Å². The van der Waals surface area contributed by atoms with E-state index in [0.29, 0.717) is 17.6 Å². The highest BCUT2D eigenvalue weighted by atomic mass is 16.3. The summed E-state index contributed by atoms with van der Waals surface area (Å²) < 4.78 is 15.3. The van der Waals surface area contributed by atoms with E-state index in [4.69, 9.17) is 23.8 Å². The third-order valence-corrected chi connectivity index (χ3v) is 15.1. The van der Waals surface area contributed by atoms with Gasteiger partial charge in [0, 0.05) is 43.4 Å². The number of fused-ring (bicyclic) bond motifs is 19. The molecule has 4 aromatic heterocycles. The van der Waals surface area contributed by atoms with Crippen LogP contribution in [0.25, 0.3) is 128 Å². The van der Waals surface area contributed by atoms with Crippen molar-refractivity contribution < 1.29 is 8.83 Å². The highest BCUT2D eigenvalue weighted by Gasteiger charge is 2.51. The van der Waals surface area contributed by atoms with Crippen LogP contribution in [0.3, 0.4) is 0 Å². The van der Waals surface area contributed by atoms with Gasteiger partial charge in [0.15, 0.2) is 11.6 Å². The summed E-state index contributed by atoms with van der Waals surface area (Å²) in [5.74, 6) is 1.59. The first-order valence-electron chi connectivity index (χ1n) is 23.8. The Balaban J connectivity index is 0.956. The molecule has 2 aliphatic rings. The van der Waals surface area contributed by atoms with Gasteiger partial charge < -0.3 is 8.83 Å². The van der Waals surface area contributed by atoms with Crippen LogP contribution in [0, 0.1) is 0 Å². The summed E-state index contributed by atoms with van der Waals surface area (Å²) in [4.78, 5) is 16.1. The largest absolute Gasteiger partial charge is 0.456 e. The molecule has 0 unspecified atom stereocenters. The molecular weight excluding hydrogens is 857 g/mol. The predicted octanol–water partition coefficient (Wildman–Crippen LogP) is 16.1. The maximum absolute atomic E-state index is 6.65. The Hall–Kier alpha value is -9.39. The lowest BCUT2D eigenvalue weighted by Crippen LogP contribution is -2.25. The fourth-order valence-electron chi connectivity index (χ4n) is 12.2. The van der Waals surface area contributed by atoms with E-state index in [1.54, 1.807) is 0 Å². The van der Waals surface area contributed by atoms with Gasteiger partial charge in [-0.25, -0.2) is 4.98 Å². The fourth-order valence-corrected chi connectivity index (χ4v) is 12.2. The summed E-state index contributed by atoms with van der Waals surface area (Å²) in [5, 5.41) is 6.48. The number of aromatic nitrogens is 4.